The van der Waals surface area contributed by atoms with Gasteiger partial charge in [-0.3, -0.25) is 9.35 Å². The van der Waals surface area contributed by atoms with Crippen LogP contribution in [-0.4, -0.2) is 41.0 Å². The zero-order valence-electron chi connectivity index (χ0n) is 5.47. The van der Waals surface area contributed by atoms with E-state index in [0.29, 0.717) is 0 Å². The van der Waals surface area contributed by atoms with Crippen molar-refractivity contribution in [3.63, 3.8) is 0 Å². The highest BCUT2D eigenvalue weighted by atomic mass is 32.2. The molecule has 0 spiro atoms. The maximum absolute atomic E-state index is 10.0. The van der Waals surface area contributed by atoms with Gasteiger partial charge < -0.3 is 10.2 Å². The number of carboxylic acids is 1. The van der Waals surface area contributed by atoms with Gasteiger partial charge in [0, 0.05) is 0 Å². The highest BCUT2D eigenvalue weighted by Crippen LogP contribution is 1.95. The van der Waals surface area contributed by atoms with Crippen LogP contribution in [0.25, 0.3) is 0 Å². The summed E-state index contributed by atoms with van der Waals surface area (Å²) in [5.74, 6) is -2.26. The van der Waals surface area contributed by atoms with Crippen LogP contribution in [-0.2, 0) is 14.9 Å². The third-order valence-electron chi connectivity index (χ3n) is 0.813. The van der Waals surface area contributed by atoms with Crippen LogP contribution in [0.4, 0.5) is 0 Å². The smallest absolute Gasteiger partial charge is 0.306 e. The third-order valence-corrected chi connectivity index (χ3v) is 1.62. The molecule has 1 unspecified atom stereocenters. The van der Waals surface area contributed by atoms with Crippen molar-refractivity contribution >= 4 is 16.1 Å². The van der Waals surface area contributed by atoms with Gasteiger partial charge in [0.2, 0.25) is 0 Å². The van der Waals surface area contributed by atoms with Gasteiger partial charge in [-0.15, -0.1) is 0 Å². The molecule has 0 aromatic rings. The van der Waals surface area contributed by atoms with Crippen molar-refractivity contribution in [2.75, 3.05) is 5.75 Å². The van der Waals surface area contributed by atoms with E-state index in [-0.39, 0.29) is 0 Å². The van der Waals surface area contributed by atoms with Gasteiger partial charge in [-0.2, -0.15) is 8.42 Å². The van der Waals surface area contributed by atoms with Gasteiger partial charge in [0.1, 0.15) is 5.75 Å². The fourth-order valence-corrected chi connectivity index (χ4v) is 1.11. The normalized spacial score (nSPS) is 14.4. The quantitative estimate of drug-likeness (QED) is 0.468. The second-order valence-electron chi connectivity index (χ2n) is 2.00. The van der Waals surface area contributed by atoms with Crippen LogP contribution in [0.5, 0.6) is 0 Å². The van der Waals surface area contributed by atoms with Crippen LogP contribution < -0.4 is 0 Å². The van der Waals surface area contributed by atoms with E-state index in [1.165, 1.54) is 0 Å². The number of carboxylic acid groups (broad SMARTS) is 1. The van der Waals surface area contributed by atoms with Crippen LogP contribution in [0.3, 0.4) is 0 Å². The second-order valence-corrected chi connectivity index (χ2v) is 3.50. The minimum Gasteiger partial charge on any atom is -0.481 e. The van der Waals surface area contributed by atoms with Gasteiger partial charge in [-0.1, -0.05) is 0 Å². The molecule has 7 heteroatoms. The lowest BCUT2D eigenvalue weighted by atomic mass is 10.3. The van der Waals surface area contributed by atoms with E-state index in [1.807, 2.05) is 0 Å². The summed E-state index contributed by atoms with van der Waals surface area (Å²) in [7, 11) is -4.28. The van der Waals surface area contributed by atoms with Gasteiger partial charge in [-0.25, -0.2) is 0 Å². The maximum Gasteiger partial charge on any atom is 0.306 e. The molecule has 11 heavy (non-hydrogen) atoms. The Kier molecular flexibility index (Phi) is 3.43. The Morgan fingerprint density at radius 2 is 1.91 bits per heavy atom. The van der Waals surface area contributed by atoms with Gasteiger partial charge in [-0.05, 0) is 0 Å². The Balaban J connectivity index is 3.89. The molecule has 0 fully saturated rings. The zero-order chi connectivity index (χ0) is 9.07. The lowest BCUT2D eigenvalue weighted by molar-refractivity contribution is -0.138. The van der Waals surface area contributed by atoms with E-state index in [1.54, 1.807) is 0 Å². The van der Waals surface area contributed by atoms with E-state index in [0.717, 1.165) is 0 Å². The Labute approximate surface area is 63.2 Å². The molecule has 0 aliphatic rings. The van der Waals surface area contributed by atoms with E-state index >= 15 is 0 Å². The second kappa shape index (κ2) is 3.65. The summed E-state index contributed by atoms with van der Waals surface area (Å²) in [6.45, 7) is 0. The van der Waals surface area contributed by atoms with E-state index in [2.05, 4.69) is 0 Å². The molecule has 0 saturated heterocycles. The number of rotatable bonds is 4. The maximum atomic E-state index is 10.0. The average molecular weight is 184 g/mol. The summed E-state index contributed by atoms with van der Waals surface area (Å²) in [5, 5.41) is 16.7. The Hall–Kier alpha value is -0.660. The lowest BCUT2D eigenvalue weighted by Gasteiger charge is -2.03. The van der Waals surface area contributed by atoms with E-state index < -0.39 is 34.4 Å². The van der Waals surface area contributed by atoms with Crippen LogP contribution in [0.2, 0.25) is 0 Å². The van der Waals surface area contributed by atoms with Crippen molar-refractivity contribution in [1.82, 2.24) is 0 Å². The molecule has 1 atom stereocenters. The van der Waals surface area contributed by atoms with Crippen molar-refractivity contribution in [2.45, 2.75) is 12.5 Å². The number of aliphatic hydroxyl groups excluding tert-OH is 1. The summed E-state index contributed by atoms with van der Waals surface area (Å²) in [6, 6.07) is 0. The Bertz CT molecular complexity index is 229. The molecule has 0 aliphatic heterocycles. The molecular weight excluding hydrogens is 176 g/mol. The first-order chi connectivity index (χ1) is 4.81. The molecule has 0 saturated carbocycles. The molecule has 0 rings (SSSR count). The standard InChI is InChI=1S/C4H8O6S/c5-3(1-4(6)7)2-11(8,9)10/h3,5H,1-2H2,(H,6,7)(H,8,9,10). The summed E-state index contributed by atoms with van der Waals surface area (Å²) >= 11 is 0. The topological polar surface area (TPSA) is 112 Å². The molecule has 0 heterocycles. The first kappa shape index (κ1) is 10.3. The van der Waals surface area contributed by atoms with Crippen molar-refractivity contribution in [1.29, 1.82) is 0 Å². The highest BCUT2D eigenvalue weighted by molar-refractivity contribution is 7.85. The van der Waals surface area contributed by atoms with Gasteiger partial charge >= 0.3 is 5.97 Å². The summed E-state index contributed by atoms with van der Waals surface area (Å²) in [5.41, 5.74) is 0. The number of aliphatic carboxylic acids is 1. The number of hydrogen-bond acceptors (Lipinski definition) is 4. The summed E-state index contributed by atoms with van der Waals surface area (Å²) in [4.78, 5) is 9.86. The molecule has 3 N–H and O–H groups in total. The lowest BCUT2D eigenvalue weighted by Crippen LogP contribution is -2.22. The minimum atomic E-state index is -4.28. The SMILES string of the molecule is O=C(O)CC(O)CS(=O)(=O)O. The van der Waals surface area contributed by atoms with Crippen LogP contribution in [0.1, 0.15) is 6.42 Å². The van der Waals surface area contributed by atoms with Crippen molar-refractivity contribution in [3.05, 3.63) is 0 Å². The Morgan fingerprint density at radius 1 is 1.45 bits per heavy atom. The fourth-order valence-electron chi connectivity index (χ4n) is 0.504. The monoisotopic (exact) mass is 184 g/mol. The van der Waals surface area contributed by atoms with Crippen LogP contribution >= 0.6 is 0 Å². The van der Waals surface area contributed by atoms with Gasteiger partial charge in [0.15, 0.2) is 0 Å². The Morgan fingerprint density at radius 3 is 2.18 bits per heavy atom. The van der Waals surface area contributed by atoms with Gasteiger partial charge in [0.25, 0.3) is 10.1 Å². The van der Waals surface area contributed by atoms with Crippen LogP contribution in [0.15, 0.2) is 0 Å². The van der Waals surface area contributed by atoms with Crippen LogP contribution in [0, 0.1) is 0 Å². The molecule has 6 nitrogen and oxygen atoms in total. The third kappa shape index (κ3) is 7.23. The minimum absolute atomic E-state index is 0.695. The first-order valence-electron chi connectivity index (χ1n) is 2.66. The molecule has 0 bridgehead atoms. The molecule has 0 aromatic carbocycles. The largest absolute Gasteiger partial charge is 0.481 e. The molecule has 0 aliphatic carbocycles. The molecule has 66 valence electrons. The van der Waals surface area contributed by atoms with Crippen molar-refractivity contribution in [3.8, 4) is 0 Å². The first-order valence-corrected chi connectivity index (χ1v) is 4.27. The zero-order valence-corrected chi connectivity index (χ0v) is 6.28. The fraction of sp³-hybridized carbons (Fsp3) is 0.750. The number of carbonyl (C=O) groups is 1. The predicted octanol–water partition coefficient (Wildman–Crippen LogP) is -1.29. The van der Waals surface area contributed by atoms with Gasteiger partial charge in [0.05, 0.1) is 12.5 Å². The average Bonchev–Trinajstić information content (AvgIpc) is 1.53. The number of aliphatic hydroxyl groups is 1. The summed E-state index contributed by atoms with van der Waals surface area (Å²) < 4.78 is 28.2. The number of hydrogen-bond donors (Lipinski definition) is 3. The molecule has 0 amide bonds. The predicted molar refractivity (Wildman–Crippen MR) is 34.7 cm³/mol. The van der Waals surface area contributed by atoms with Crippen molar-refractivity contribution < 1.29 is 28.0 Å². The van der Waals surface area contributed by atoms with E-state index in [9.17, 15) is 13.2 Å². The molecular formula is C4H8O6S. The van der Waals surface area contributed by atoms with E-state index in [4.69, 9.17) is 14.8 Å². The molecule has 0 aromatic heterocycles. The summed E-state index contributed by atoms with van der Waals surface area (Å²) in [6.07, 6.45) is -2.25. The molecule has 0 radical (unpaired) electrons. The highest BCUT2D eigenvalue weighted by Gasteiger charge is 2.16. The van der Waals surface area contributed by atoms with Crippen molar-refractivity contribution in [2.24, 2.45) is 0 Å².